The second-order valence-electron chi connectivity index (χ2n) is 11.3. The highest BCUT2D eigenvalue weighted by atomic mass is 35.5. The summed E-state index contributed by atoms with van der Waals surface area (Å²) in [5.74, 6) is -1.13. The Hall–Kier alpha value is -3.16. The molecule has 1 aromatic heterocycles. The fourth-order valence-electron chi connectivity index (χ4n) is 6.59. The first-order valence-electron chi connectivity index (χ1n) is 13.9. The molecule has 39 heavy (non-hydrogen) atoms. The minimum Gasteiger partial charge on any atom is -0.364 e. The lowest BCUT2D eigenvalue weighted by Gasteiger charge is -2.47. The zero-order chi connectivity index (χ0) is 27.0. The van der Waals surface area contributed by atoms with Crippen molar-refractivity contribution in [3.63, 3.8) is 0 Å². The molecule has 1 aliphatic carbocycles. The number of aromatic amines is 1. The fourth-order valence-corrected chi connectivity index (χ4v) is 6.84. The Morgan fingerprint density at radius 2 is 1.79 bits per heavy atom. The number of rotatable bonds is 5. The van der Waals surface area contributed by atoms with Gasteiger partial charge in [-0.25, -0.2) is 4.39 Å². The predicted octanol–water partition coefficient (Wildman–Crippen LogP) is 5.74. The Balaban J connectivity index is 1.07. The van der Waals surface area contributed by atoms with E-state index in [-0.39, 0.29) is 22.5 Å². The molecule has 6 rings (SSSR count). The number of aryl methyl sites for hydroxylation is 1. The summed E-state index contributed by atoms with van der Waals surface area (Å²) in [5.41, 5.74) is 4.15. The van der Waals surface area contributed by atoms with E-state index in [0.29, 0.717) is 17.4 Å². The molecule has 6 nitrogen and oxygen atoms in total. The molecule has 8 heteroatoms. The largest absolute Gasteiger partial charge is 0.364 e. The molecule has 2 N–H and O–H groups in total. The van der Waals surface area contributed by atoms with Crippen LogP contribution in [0.25, 0.3) is 0 Å². The highest BCUT2D eigenvalue weighted by Crippen LogP contribution is 2.42. The van der Waals surface area contributed by atoms with Crippen molar-refractivity contribution in [3.8, 4) is 0 Å². The Bertz CT molecular complexity index is 1340. The number of hydrogen-bond acceptors (Lipinski definition) is 3. The number of likely N-dealkylation sites (tertiary alicyclic amines) is 2. The summed E-state index contributed by atoms with van der Waals surface area (Å²) in [6, 6.07) is 13.9. The third-order valence-electron chi connectivity index (χ3n) is 9.05. The molecule has 0 saturated carbocycles. The number of H-pyrrole nitrogens is 1. The van der Waals surface area contributed by atoms with Crippen molar-refractivity contribution in [3.05, 3.63) is 93.5 Å². The molecule has 2 saturated heterocycles. The maximum atomic E-state index is 14.3. The molecule has 204 valence electrons. The molecule has 1 spiro atoms. The molecule has 3 heterocycles. The first-order valence-corrected chi connectivity index (χ1v) is 14.3. The number of aromatic nitrogens is 1. The molecule has 0 radical (unpaired) electrons. The summed E-state index contributed by atoms with van der Waals surface area (Å²) < 4.78 is 14.3. The molecule has 2 aliphatic heterocycles. The number of fused-ring (bicyclic) bond motifs is 1. The monoisotopic (exact) mass is 548 g/mol. The third kappa shape index (κ3) is 5.35. The Morgan fingerprint density at radius 1 is 1.03 bits per heavy atom. The molecular weight excluding hydrogens is 515 g/mol. The lowest BCUT2D eigenvalue weighted by molar-refractivity contribution is 0.0283. The van der Waals surface area contributed by atoms with Gasteiger partial charge in [0, 0.05) is 37.1 Å². The standard InChI is InChI=1S/C31H34ClFN4O2/c32-25-4-1-5-26(33)28(25)29(38)35-27-9-8-21-6-7-22(19-24(21)27)30(39)37-17-12-31(13-18-37)10-15-36(16-11-31)20-23-3-2-14-34-23/h1-7,14,19,27,34H,8-13,15-18,20H2,(H,35,38). The molecule has 0 bridgehead atoms. The van der Waals surface area contributed by atoms with Gasteiger partial charge in [0.25, 0.3) is 11.8 Å². The van der Waals surface area contributed by atoms with Crippen molar-refractivity contribution in [2.45, 2.75) is 51.1 Å². The van der Waals surface area contributed by atoms with Crippen LogP contribution in [-0.2, 0) is 13.0 Å². The van der Waals surface area contributed by atoms with Gasteiger partial charge in [-0.05, 0) is 105 Å². The minimum atomic E-state index is -0.642. The van der Waals surface area contributed by atoms with Crippen molar-refractivity contribution in [1.29, 1.82) is 0 Å². The molecule has 2 amide bonds. The van der Waals surface area contributed by atoms with Crippen molar-refractivity contribution < 1.29 is 14.0 Å². The van der Waals surface area contributed by atoms with Crippen LogP contribution >= 0.6 is 11.6 Å². The van der Waals surface area contributed by atoms with Gasteiger partial charge < -0.3 is 15.2 Å². The van der Waals surface area contributed by atoms with Crippen molar-refractivity contribution in [2.24, 2.45) is 5.41 Å². The van der Waals surface area contributed by atoms with Crippen LogP contribution in [0.1, 0.15) is 75.7 Å². The molecule has 1 atom stereocenters. The summed E-state index contributed by atoms with van der Waals surface area (Å²) in [5, 5.41) is 3.03. The second kappa shape index (κ2) is 10.8. The summed E-state index contributed by atoms with van der Waals surface area (Å²) in [6.45, 7) is 4.73. The van der Waals surface area contributed by atoms with E-state index < -0.39 is 11.7 Å². The third-order valence-corrected chi connectivity index (χ3v) is 9.37. The van der Waals surface area contributed by atoms with E-state index in [0.717, 1.165) is 63.1 Å². The average molecular weight is 549 g/mol. The lowest BCUT2D eigenvalue weighted by Crippen LogP contribution is -2.48. The number of carbonyl (C=O) groups is 2. The lowest BCUT2D eigenvalue weighted by atomic mass is 9.71. The second-order valence-corrected chi connectivity index (χ2v) is 11.7. The zero-order valence-corrected chi connectivity index (χ0v) is 22.8. The Kier molecular flexibility index (Phi) is 7.21. The molecule has 2 aromatic carbocycles. The highest BCUT2D eigenvalue weighted by molar-refractivity contribution is 6.33. The van der Waals surface area contributed by atoms with E-state index in [1.807, 2.05) is 35.4 Å². The van der Waals surface area contributed by atoms with Gasteiger partial charge in [-0.1, -0.05) is 23.7 Å². The summed E-state index contributed by atoms with van der Waals surface area (Å²) in [7, 11) is 0. The fraction of sp³-hybridized carbons (Fsp3) is 0.419. The van der Waals surface area contributed by atoms with Crippen LogP contribution in [0.4, 0.5) is 4.39 Å². The topological polar surface area (TPSA) is 68.4 Å². The van der Waals surface area contributed by atoms with Gasteiger partial charge in [-0.15, -0.1) is 0 Å². The number of piperidine rings is 2. The summed E-state index contributed by atoms with van der Waals surface area (Å²) in [4.78, 5) is 34.2. The van der Waals surface area contributed by atoms with E-state index >= 15 is 0 Å². The van der Waals surface area contributed by atoms with Crippen LogP contribution in [0.3, 0.4) is 0 Å². The highest BCUT2D eigenvalue weighted by Gasteiger charge is 2.39. The molecular formula is C31H34ClFN4O2. The van der Waals surface area contributed by atoms with E-state index in [1.54, 1.807) is 0 Å². The molecule has 3 aromatic rings. The van der Waals surface area contributed by atoms with Crippen LogP contribution < -0.4 is 5.32 Å². The number of nitrogens with zero attached hydrogens (tertiary/aromatic N) is 2. The van der Waals surface area contributed by atoms with Crippen LogP contribution in [0.15, 0.2) is 54.7 Å². The maximum Gasteiger partial charge on any atom is 0.256 e. The number of nitrogens with one attached hydrogen (secondary N) is 2. The SMILES string of the molecule is O=C(NC1CCc2ccc(C(=O)N3CCC4(CCN(Cc5ccc[nH]5)CC4)CC3)cc21)c1c(F)cccc1Cl. The first kappa shape index (κ1) is 26.1. The smallest absolute Gasteiger partial charge is 0.256 e. The van der Waals surface area contributed by atoms with Crippen molar-refractivity contribution >= 4 is 23.4 Å². The van der Waals surface area contributed by atoms with E-state index in [9.17, 15) is 14.0 Å². The van der Waals surface area contributed by atoms with Gasteiger partial charge >= 0.3 is 0 Å². The van der Waals surface area contributed by atoms with Crippen LogP contribution in [0.5, 0.6) is 0 Å². The average Bonchev–Trinajstić information content (AvgIpc) is 3.60. The summed E-state index contributed by atoms with van der Waals surface area (Å²) >= 11 is 6.10. The van der Waals surface area contributed by atoms with Gasteiger partial charge in [0.1, 0.15) is 5.82 Å². The number of carbonyl (C=O) groups excluding carboxylic acids is 2. The molecule has 1 unspecified atom stereocenters. The normalized spacial score (nSPS) is 20.7. The Morgan fingerprint density at radius 3 is 2.51 bits per heavy atom. The van der Waals surface area contributed by atoms with Gasteiger partial charge in [0.05, 0.1) is 16.6 Å². The quantitative estimate of drug-likeness (QED) is 0.427. The van der Waals surface area contributed by atoms with Crippen molar-refractivity contribution in [1.82, 2.24) is 20.1 Å². The van der Waals surface area contributed by atoms with E-state index in [2.05, 4.69) is 21.3 Å². The van der Waals surface area contributed by atoms with Gasteiger partial charge in [0.15, 0.2) is 0 Å². The number of hydrogen-bond donors (Lipinski definition) is 2. The molecule has 2 fully saturated rings. The van der Waals surface area contributed by atoms with E-state index in [4.69, 9.17) is 11.6 Å². The number of benzene rings is 2. The van der Waals surface area contributed by atoms with E-state index in [1.165, 1.54) is 36.7 Å². The van der Waals surface area contributed by atoms with Gasteiger partial charge in [-0.3, -0.25) is 14.5 Å². The van der Waals surface area contributed by atoms with Crippen molar-refractivity contribution in [2.75, 3.05) is 26.2 Å². The van der Waals surface area contributed by atoms with Gasteiger partial charge in [-0.2, -0.15) is 0 Å². The first-order chi connectivity index (χ1) is 18.9. The van der Waals surface area contributed by atoms with Crippen LogP contribution in [0, 0.1) is 11.2 Å². The maximum absolute atomic E-state index is 14.3. The van der Waals surface area contributed by atoms with Gasteiger partial charge in [0.2, 0.25) is 0 Å². The summed E-state index contributed by atoms with van der Waals surface area (Å²) in [6.07, 6.45) is 7.94. The van der Waals surface area contributed by atoms with Crippen LogP contribution in [-0.4, -0.2) is 52.8 Å². The van der Waals surface area contributed by atoms with Crippen LogP contribution in [0.2, 0.25) is 5.02 Å². The predicted molar refractivity (Wildman–Crippen MR) is 149 cm³/mol. The zero-order valence-electron chi connectivity index (χ0n) is 22.0. The number of amides is 2. The minimum absolute atomic E-state index is 0.0472. The number of halogens is 2. The molecule has 3 aliphatic rings. The Labute approximate surface area is 233 Å².